The van der Waals surface area contributed by atoms with Crippen molar-refractivity contribution in [2.75, 3.05) is 13.1 Å². The summed E-state index contributed by atoms with van der Waals surface area (Å²) in [6.45, 7) is 6.87. The number of benzene rings is 1. The lowest BCUT2D eigenvalue weighted by Gasteiger charge is -2.10. The summed E-state index contributed by atoms with van der Waals surface area (Å²) in [5.41, 5.74) is 0.360. The minimum Gasteiger partial charge on any atom is -0.352 e. The van der Waals surface area contributed by atoms with E-state index in [-0.39, 0.29) is 16.7 Å². The summed E-state index contributed by atoms with van der Waals surface area (Å²) in [6, 6.07) is 6.09. The number of carbonyl (C=O) groups excluding carboxylic acids is 1. The highest BCUT2D eigenvalue weighted by molar-refractivity contribution is 7.89. The lowest BCUT2D eigenvalue weighted by molar-refractivity contribution is 0.0953. The third-order valence-electron chi connectivity index (χ3n) is 2.90. The molecule has 0 fully saturated rings. The second-order valence-electron chi connectivity index (χ2n) is 5.38. The highest BCUT2D eigenvalue weighted by atomic mass is 32.2. The molecule has 5 nitrogen and oxygen atoms in total. The first-order valence-electron chi connectivity index (χ1n) is 7.24. The SMILES string of the molecule is CCCCNC(=O)c1cccc(S(=O)(=O)NCC(C)C)c1. The average Bonchev–Trinajstić information content (AvgIpc) is 2.45. The molecule has 0 aliphatic rings. The van der Waals surface area contributed by atoms with Gasteiger partial charge in [-0.2, -0.15) is 0 Å². The molecule has 1 rings (SSSR count). The summed E-state index contributed by atoms with van der Waals surface area (Å²) < 4.78 is 26.8. The van der Waals surface area contributed by atoms with E-state index in [1.807, 2.05) is 20.8 Å². The van der Waals surface area contributed by atoms with Gasteiger partial charge in [-0.15, -0.1) is 0 Å². The quantitative estimate of drug-likeness (QED) is 0.722. The molecule has 0 atom stereocenters. The first-order chi connectivity index (χ1) is 9.86. The standard InChI is InChI=1S/C15H24N2O3S/c1-4-5-9-16-15(18)13-7-6-8-14(10-13)21(19,20)17-11-12(2)3/h6-8,10,12,17H,4-5,9,11H2,1-3H3,(H,16,18). The van der Waals surface area contributed by atoms with Crippen LogP contribution in [0.3, 0.4) is 0 Å². The van der Waals surface area contributed by atoms with Gasteiger partial charge in [-0.25, -0.2) is 13.1 Å². The minimum atomic E-state index is -3.57. The van der Waals surface area contributed by atoms with E-state index in [2.05, 4.69) is 10.0 Å². The normalized spacial score (nSPS) is 11.6. The zero-order chi connectivity index (χ0) is 15.9. The number of unbranched alkanes of at least 4 members (excludes halogenated alkanes) is 1. The smallest absolute Gasteiger partial charge is 0.251 e. The lowest BCUT2D eigenvalue weighted by atomic mass is 10.2. The number of nitrogens with one attached hydrogen (secondary N) is 2. The van der Waals surface area contributed by atoms with Gasteiger partial charge in [-0.1, -0.05) is 33.3 Å². The molecule has 0 aliphatic heterocycles. The van der Waals surface area contributed by atoms with Crippen LogP contribution in [-0.4, -0.2) is 27.4 Å². The Morgan fingerprint density at radius 1 is 1.29 bits per heavy atom. The van der Waals surface area contributed by atoms with Gasteiger partial charge in [0.15, 0.2) is 0 Å². The van der Waals surface area contributed by atoms with Crippen molar-refractivity contribution in [1.29, 1.82) is 0 Å². The predicted molar refractivity (Wildman–Crippen MR) is 83.7 cm³/mol. The van der Waals surface area contributed by atoms with Gasteiger partial charge >= 0.3 is 0 Å². The summed E-state index contributed by atoms with van der Waals surface area (Å²) in [5.74, 6) is -0.0235. The maximum atomic E-state index is 12.1. The zero-order valence-electron chi connectivity index (χ0n) is 12.8. The van der Waals surface area contributed by atoms with Crippen LogP contribution in [0.15, 0.2) is 29.2 Å². The first kappa shape index (κ1) is 17.7. The Morgan fingerprint density at radius 2 is 2.00 bits per heavy atom. The monoisotopic (exact) mass is 312 g/mol. The van der Waals surface area contributed by atoms with Crippen molar-refractivity contribution in [3.8, 4) is 0 Å². The Kier molecular flexibility index (Phi) is 6.84. The van der Waals surface area contributed by atoms with E-state index in [4.69, 9.17) is 0 Å². The maximum absolute atomic E-state index is 12.1. The molecule has 0 spiro atoms. The molecule has 1 amide bonds. The second kappa shape index (κ2) is 8.14. The topological polar surface area (TPSA) is 75.3 Å². The highest BCUT2D eigenvalue weighted by Gasteiger charge is 2.16. The van der Waals surface area contributed by atoms with Crippen LogP contribution < -0.4 is 10.0 Å². The van der Waals surface area contributed by atoms with Crippen LogP contribution in [0.4, 0.5) is 0 Å². The highest BCUT2D eigenvalue weighted by Crippen LogP contribution is 2.12. The van der Waals surface area contributed by atoms with Crippen LogP contribution in [0.5, 0.6) is 0 Å². The molecule has 1 aromatic carbocycles. The van der Waals surface area contributed by atoms with E-state index in [1.54, 1.807) is 12.1 Å². The molecule has 21 heavy (non-hydrogen) atoms. The van der Waals surface area contributed by atoms with Crippen molar-refractivity contribution in [3.05, 3.63) is 29.8 Å². The van der Waals surface area contributed by atoms with Gasteiger partial charge in [0.05, 0.1) is 4.90 Å². The summed E-state index contributed by atoms with van der Waals surface area (Å²) >= 11 is 0. The van der Waals surface area contributed by atoms with Crippen molar-refractivity contribution in [1.82, 2.24) is 10.0 Å². The van der Waals surface area contributed by atoms with Gasteiger partial charge in [0.2, 0.25) is 10.0 Å². The van der Waals surface area contributed by atoms with E-state index >= 15 is 0 Å². The van der Waals surface area contributed by atoms with Crippen LogP contribution in [-0.2, 0) is 10.0 Å². The fourth-order valence-corrected chi connectivity index (χ4v) is 2.90. The van der Waals surface area contributed by atoms with Gasteiger partial charge in [0.25, 0.3) is 5.91 Å². The Bertz CT molecular complexity index is 568. The number of rotatable bonds is 8. The molecule has 118 valence electrons. The van der Waals surface area contributed by atoms with Crippen molar-refractivity contribution in [2.24, 2.45) is 5.92 Å². The Balaban J connectivity index is 2.82. The van der Waals surface area contributed by atoms with Crippen LogP contribution in [0.1, 0.15) is 44.0 Å². The summed E-state index contributed by atoms with van der Waals surface area (Å²) in [5, 5.41) is 2.77. The van der Waals surface area contributed by atoms with E-state index in [1.165, 1.54) is 12.1 Å². The number of amides is 1. The van der Waals surface area contributed by atoms with Crippen LogP contribution in [0, 0.1) is 5.92 Å². The molecule has 0 bridgehead atoms. The van der Waals surface area contributed by atoms with Crippen molar-refractivity contribution < 1.29 is 13.2 Å². The van der Waals surface area contributed by atoms with Gasteiger partial charge in [0, 0.05) is 18.7 Å². The van der Waals surface area contributed by atoms with Crippen molar-refractivity contribution in [2.45, 2.75) is 38.5 Å². The molecular formula is C15H24N2O3S. The Hall–Kier alpha value is -1.40. The Labute approximate surface area is 127 Å². The fraction of sp³-hybridized carbons (Fsp3) is 0.533. The largest absolute Gasteiger partial charge is 0.352 e. The van der Waals surface area contributed by atoms with Crippen molar-refractivity contribution >= 4 is 15.9 Å². The van der Waals surface area contributed by atoms with Gasteiger partial charge < -0.3 is 5.32 Å². The minimum absolute atomic E-state index is 0.117. The summed E-state index contributed by atoms with van der Waals surface area (Å²) in [7, 11) is -3.57. The van der Waals surface area contributed by atoms with E-state index in [0.29, 0.717) is 18.7 Å². The predicted octanol–water partition coefficient (Wildman–Crippen LogP) is 2.15. The lowest BCUT2D eigenvalue weighted by Crippen LogP contribution is -2.28. The van der Waals surface area contributed by atoms with E-state index in [9.17, 15) is 13.2 Å². The van der Waals surface area contributed by atoms with Gasteiger partial charge in [0.1, 0.15) is 0 Å². The van der Waals surface area contributed by atoms with Crippen molar-refractivity contribution in [3.63, 3.8) is 0 Å². The Morgan fingerprint density at radius 3 is 2.62 bits per heavy atom. The van der Waals surface area contributed by atoms with Gasteiger partial charge in [-0.3, -0.25) is 4.79 Å². The number of hydrogen-bond acceptors (Lipinski definition) is 3. The molecule has 0 saturated carbocycles. The van der Waals surface area contributed by atoms with Gasteiger partial charge in [-0.05, 0) is 30.5 Å². The third kappa shape index (κ3) is 5.85. The van der Waals surface area contributed by atoms with E-state index in [0.717, 1.165) is 12.8 Å². The van der Waals surface area contributed by atoms with Crippen LogP contribution in [0.25, 0.3) is 0 Å². The maximum Gasteiger partial charge on any atom is 0.251 e. The first-order valence-corrected chi connectivity index (χ1v) is 8.73. The number of hydrogen-bond donors (Lipinski definition) is 2. The third-order valence-corrected chi connectivity index (χ3v) is 4.33. The van der Waals surface area contributed by atoms with E-state index < -0.39 is 10.0 Å². The average molecular weight is 312 g/mol. The molecule has 2 N–H and O–H groups in total. The molecule has 0 radical (unpaired) electrons. The number of sulfonamides is 1. The molecule has 1 aromatic rings. The molecule has 0 heterocycles. The molecule has 6 heteroatoms. The second-order valence-corrected chi connectivity index (χ2v) is 7.15. The number of carbonyl (C=O) groups is 1. The molecule has 0 unspecified atom stereocenters. The fourth-order valence-electron chi connectivity index (χ4n) is 1.64. The van der Waals surface area contributed by atoms with Crippen LogP contribution >= 0.6 is 0 Å². The molecular weight excluding hydrogens is 288 g/mol. The van der Waals surface area contributed by atoms with Crippen LogP contribution in [0.2, 0.25) is 0 Å². The molecule has 0 saturated heterocycles. The summed E-state index contributed by atoms with van der Waals surface area (Å²) in [4.78, 5) is 12.1. The molecule has 0 aliphatic carbocycles. The zero-order valence-corrected chi connectivity index (χ0v) is 13.7. The summed E-state index contributed by atoms with van der Waals surface area (Å²) in [6.07, 6.45) is 1.90. The molecule has 0 aromatic heterocycles.